The molecule has 1 rings (SSSR count). The second kappa shape index (κ2) is 3.70. The van der Waals surface area contributed by atoms with Crippen molar-refractivity contribution in [1.82, 2.24) is 0 Å². The van der Waals surface area contributed by atoms with Crippen LogP contribution in [0.1, 0.15) is 22.3 Å². The minimum absolute atomic E-state index is 0.165. The van der Waals surface area contributed by atoms with Gasteiger partial charge in [-0.3, -0.25) is 4.79 Å². The highest BCUT2D eigenvalue weighted by atomic mass is 16.3. The smallest absolute Gasteiger partial charge is 0.211 e. The van der Waals surface area contributed by atoms with Crippen molar-refractivity contribution in [3.8, 4) is 5.75 Å². The van der Waals surface area contributed by atoms with Crippen LogP contribution in [0.2, 0.25) is 0 Å². The fourth-order valence-electron chi connectivity index (χ4n) is 1.53. The topological polar surface area (TPSA) is 49.3 Å². The summed E-state index contributed by atoms with van der Waals surface area (Å²) < 4.78 is 0. The van der Waals surface area contributed by atoms with Crippen molar-refractivity contribution in [2.45, 2.75) is 27.7 Å². The van der Waals surface area contributed by atoms with Gasteiger partial charge in [-0.05, 0) is 49.9 Å². The lowest BCUT2D eigenvalue weighted by Gasteiger charge is -2.15. The zero-order chi connectivity index (χ0) is 10.9. The molecule has 1 aromatic carbocycles. The Bertz CT molecular complexity index is 354. The molecule has 0 aliphatic rings. The van der Waals surface area contributed by atoms with Crippen LogP contribution in [0.25, 0.3) is 0 Å². The van der Waals surface area contributed by atoms with E-state index >= 15 is 0 Å². The standard InChI is InChI=1S/C11H15NO2/c1-6-7(2)9(4)11(14)10(8(6)3)12-5-13/h5,14H,1-4H3,(H,12,13). The molecule has 1 amide bonds. The Morgan fingerprint density at radius 3 is 2.00 bits per heavy atom. The third kappa shape index (κ3) is 1.45. The average Bonchev–Trinajstić information content (AvgIpc) is 2.19. The van der Waals surface area contributed by atoms with E-state index in [2.05, 4.69) is 5.32 Å². The number of amides is 1. The van der Waals surface area contributed by atoms with E-state index < -0.39 is 0 Å². The van der Waals surface area contributed by atoms with E-state index in [4.69, 9.17) is 0 Å². The third-order valence-electron chi connectivity index (χ3n) is 2.86. The fraction of sp³-hybridized carbons (Fsp3) is 0.364. The summed E-state index contributed by atoms with van der Waals surface area (Å²) in [4.78, 5) is 10.4. The second-order valence-corrected chi connectivity index (χ2v) is 3.49. The Hall–Kier alpha value is -1.51. The summed E-state index contributed by atoms with van der Waals surface area (Å²) >= 11 is 0. The number of phenols is 1. The zero-order valence-corrected chi connectivity index (χ0v) is 8.93. The molecule has 0 aliphatic carbocycles. The van der Waals surface area contributed by atoms with Gasteiger partial charge in [-0.15, -0.1) is 0 Å². The number of nitrogens with one attached hydrogen (secondary N) is 1. The summed E-state index contributed by atoms with van der Waals surface area (Å²) in [5.74, 6) is 0.165. The Balaban J connectivity index is 3.50. The van der Waals surface area contributed by atoms with Gasteiger partial charge in [0, 0.05) is 0 Å². The maximum absolute atomic E-state index is 10.4. The molecule has 3 heteroatoms. The monoisotopic (exact) mass is 193 g/mol. The molecule has 0 radical (unpaired) electrons. The van der Waals surface area contributed by atoms with E-state index in [0.717, 1.165) is 22.3 Å². The molecular weight excluding hydrogens is 178 g/mol. The maximum atomic E-state index is 10.4. The molecular formula is C11H15NO2. The van der Waals surface area contributed by atoms with Gasteiger partial charge in [-0.2, -0.15) is 0 Å². The molecule has 1 aromatic rings. The number of benzene rings is 1. The van der Waals surface area contributed by atoms with Crippen molar-refractivity contribution in [1.29, 1.82) is 0 Å². The highest BCUT2D eigenvalue weighted by Crippen LogP contribution is 2.35. The Kier molecular flexibility index (Phi) is 2.79. The maximum Gasteiger partial charge on any atom is 0.211 e. The lowest BCUT2D eigenvalue weighted by Crippen LogP contribution is -2.02. The number of anilines is 1. The number of hydrogen-bond donors (Lipinski definition) is 2. The van der Waals surface area contributed by atoms with Crippen molar-refractivity contribution in [2.24, 2.45) is 0 Å². The summed E-state index contributed by atoms with van der Waals surface area (Å²) in [7, 11) is 0. The first-order valence-corrected chi connectivity index (χ1v) is 4.50. The van der Waals surface area contributed by atoms with Gasteiger partial charge in [-0.25, -0.2) is 0 Å². The zero-order valence-electron chi connectivity index (χ0n) is 8.93. The summed E-state index contributed by atoms with van der Waals surface area (Å²) in [5.41, 5.74) is 4.41. The van der Waals surface area contributed by atoms with Gasteiger partial charge in [-0.1, -0.05) is 0 Å². The first-order chi connectivity index (χ1) is 6.50. The fourth-order valence-corrected chi connectivity index (χ4v) is 1.53. The third-order valence-corrected chi connectivity index (χ3v) is 2.86. The minimum Gasteiger partial charge on any atom is -0.505 e. The van der Waals surface area contributed by atoms with E-state index in [1.54, 1.807) is 0 Å². The Morgan fingerprint density at radius 1 is 1.00 bits per heavy atom. The molecule has 0 heterocycles. The SMILES string of the molecule is Cc1c(C)c(C)c(NC=O)c(O)c1C. The van der Waals surface area contributed by atoms with E-state index in [1.807, 2.05) is 27.7 Å². The molecule has 0 saturated heterocycles. The van der Waals surface area contributed by atoms with Gasteiger partial charge in [0.1, 0.15) is 5.75 Å². The minimum atomic E-state index is 0.165. The number of phenolic OH excluding ortho intramolecular Hbond substituents is 1. The van der Waals surface area contributed by atoms with Gasteiger partial charge in [0.25, 0.3) is 0 Å². The molecule has 0 bridgehead atoms. The Morgan fingerprint density at radius 2 is 1.50 bits per heavy atom. The van der Waals surface area contributed by atoms with Crippen LogP contribution in [0.15, 0.2) is 0 Å². The average molecular weight is 193 g/mol. The molecule has 14 heavy (non-hydrogen) atoms. The van der Waals surface area contributed by atoms with Crippen molar-refractivity contribution >= 4 is 12.1 Å². The molecule has 0 spiro atoms. The van der Waals surface area contributed by atoms with Gasteiger partial charge >= 0.3 is 0 Å². The lowest BCUT2D eigenvalue weighted by molar-refractivity contribution is -0.105. The first-order valence-electron chi connectivity index (χ1n) is 4.50. The molecule has 0 atom stereocenters. The van der Waals surface area contributed by atoms with Crippen LogP contribution in [0, 0.1) is 27.7 Å². The van der Waals surface area contributed by atoms with Crippen LogP contribution in [-0.4, -0.2) is 11.5 Å². The number of aromatic hydroxyl groups is 1. The van der Waals surface area contributed by atoms with Crippen molar-refractivity contribution in [2.75, 3.05) is 5.32 Å². The summed E-state index contributed by atoms with van der Waals surface area (Å²) in [6, 6.07) is 0. The second-order valence-electron chi connectivity index (χ2n) is 3.49. The summed E-state index contributed by atoms with van der Waals surface area (Å²) in [5, 5.41) is 12.3. The van der Waals surface area contributed by atoms with E-state index in [0.29, 0.717) is 12.1 Å². The van der Waals surface area contributed by atoms with Crippen LogP contribution in [0.3, 0.4) is 0 Å². The molecule has 76 valence electrons. The number of carbonyl (C=O) groups excluding carboxylic acids is 1. The summed E-state index contributed by atoms with van der Waals surface area (Å²) in [6.07, 6.45) is 0.580. The molecule has 0 saturated carbocycles. The quantitative estimate of drug-likeness (QED) is 0.558. The van der Waals surface area contributed by atoms with Crippen LogP contribution in [0.5, 0.6) is 5.75 Å². The van der Waals surface area contributed by atoms with Crippen LogP contribution >= 0.6 is 0 Å². The van der Waals surface area contributed by atoms with Gasteiger partial charge < -0.3 is 10.4 Å². The first kappa shape index (κ1) is 10.6. The molecule has 0 unspecified atom stereocenters. The van der Waals surface area contributed by atoms with Crippen molar-refractivity contribution < 1.29 is 9.90 Å². The number of carbonyl (C=O) groups is 1. The number of hydrogen-bond acceptors (Lipinski definition) is 2. The molecule has 3 nitrogen and oxygen atoms in total. The van der Waals surface area contributed by atoms with E-state index in [-0.39, 0.29) is 5.75 Å². The van der Waals surface area contributed by atoms with Gasteiger partial charge in [0.05, 0.1) is 5.69 Å². The highest BCUT2D eigenvalue weighted by Gasteiger charge is 2.13. The largest absolute Gasteiger partial charge is 0.505 e. The van der Waals surface area contributed by atoms with Crippen LogP contribution in [0.4, 0.5) is 5.69 Å². The normalized spacial score (nSPS) is 10.0. The van der Waals surface area contributed by atoms with Crippen LogP contribution < -0.4 is 5.32 Å². The summed E-state index contributed by atoms with van der Waals surface area (Å²) in [6.45, 7) is 7.66. The lowest BCUT2D eigenvalue weighted by atomic mass is 9.96. The van der Waals surface area contributed by atoms with E-state index in [1.165, 1.54) is 0 Å². The number of rotatable bonds is 2. The predicted octanol–water partition coefficient (Wildman–Crippen LogP) is 2.19. The molecule has 2 N–H and O–H groups in total. The highest BCUT2D eigenvalue weighted by molar-refractivity contribution is 5.80. The molecule has 0 aliphatic heterocycles. The van der Waals surface area contributed by atoms with E-state index in [9.17, 15) is 9.90 Å². The molecule has 0 aromatic heterocycles. The van der Waals surface area contributed by atoms with Gasteiger partial charge in [0.2, 0.25) is 6.41 Å². The predicted molar refractivity (Wildman–Crippen MR) is 56.7 cm³/mol. The van der Waals surface area contributed by atoms with Crippen molar-refractivity contribution in [3.63, 3.8) is 0 Å². The van der Waals surface area contributed by atoms with Crippen LogP contribution in [-0.2, 0) is 4.79 Å². The molecule has 0 fully saturated rings. The Labute approximate surface area is 83.8 Å². The van der Waals surface area contributed by atoms with Crippen molar-refractivity contribution in [3.05, 3.63) is 22.3 Å². The van der Waals surface area contributed by atoms with Gasteiger partial charge in [0.15, 0.2) is 0 Å².